The highest BCUT2D eigenvalue weighted by molar-refractivity contribution is 7.90. The molecule has 7 nitrogen and oxygen atoms in total. The summed E-state index contributed by atoms with van der Waals surface area (Å²) in [5.41, 5.74) is 1.40. The Morgan fingerprint density at radius 3 is 2.64 bits per heavy atom. The van der Waals surface area contributed by atoms with Crippen LogP contribution in [0.4, 0.5) is 0 Å². The normalized spacial score (nSPS) is 16.3. The number of furan rings is 1. The molecule has 3 aromatic rings. The molecule has 0 radical (unpaired) electrons. The van der Waals surface area contributed by atoms with E-state index in [0.29, 0.717) is 11.5 Å². The first-order valence-corrected chi connectivity index (χ1v) is 11.1. The van der Waals surface area contributed by atoms with E-state index >= 15 is 0 Å². The van der Waals surface area contributed by atoms with Crippen molar-refractivity contribution in [2.24, 2.45) is 0 Å². The van der Waals surface area contributed by atoms with E-state index in [1.54, 1.807) is 18.7 Å². The molecule has 28 heavy (non-hydrogen) atoms. The van der Waals surface area contributed by atoms with Gasteiger partial charge >= 0.3 is 0 Å². The first-order chi connectivity index (χ1) is 13.5. The summed E-state index contributed by atoms with van der Waals surface area (Å²) in [6.45, 7) is 2.49. The summed E-state index contributed by atoms with van der Waals surface area (Å²) in [4.78, 5) is 15.6. The van der Waals surface area contributed by atoms with E-state index in [-0.39, 0.29) is 10.8 Å². The fourth-order valence-corrected chi connectivity index (χ4v) is 4.42. The van der Waals surface area contributed by atoms with E-state index in [4.69, 9.17) is 4.42 Å². The first kappa shape index (κ1) is 18.8. The molecule has 3 aromatic heterocycles. The molecule has 4 rings (SSSR count). The largest absolute Gasteiger partial charge is 0.468 e. The monoisotopic (exact) mass is 398 g/mol. The minimum absolute atomic E-state index is 0.0796. The van der Waals surface area contributed by atoms with Crippen LogP contribution in [-0.2, 0) is 16.4 Å². The van der Waals surface area contributed by atoms with E-state index < -0.39 is 9.84 Å². The van der Waals surface area contributed by atoms with Crippen molar-refractivity contribution in [3.8, 4) is 11.4 Å². The molecule has 1 aliphatic rings. The summed E-state index contributed by atoms with van der Waals surface area (Å²) in [5, 5.41) is 0. The molecule has 8 heteroatoms. The van der Waals surface area contributed by atoms with Crippen molar-refractivity contribution in [1.82, 2.24) is 19.9 Å². The number of nitrogens with zero attached hydrogens (tertiary/aromatic N) is 4. The molecular formula is C20H22N4O3S. The Balaban J connectivity index is 1.59. The highest BCUT2D eigenvalue weighted by Crippen LogP contribution is 2.32. The maximum Gasteiger partial charge on any atom is 0.178 e. The smallest absolute Gasteiger partial charge is 0.178 e. The van der Waals surface area contributed by atoms with Crippen molar-refractivity contribution in [3.63, 3.8) is 0 Å². The molecule has 4 heterocycles. The quantitative estimate of drug-likeness (QED) is 0.653. The molecule has 0 aliphatic carbocycles. The lowest BCUT2D eigenvalue weighted by molar-refractivity contribution is 0.189. The van der Waals surface area contributed by atoms with Crippen LogP contribution in [0.3, 0.4) is 0 Å². The number of pyridine rings is 1. The van der Waals surface area contributed by atoms with Gasteiger partial charge in [0.05, 0.1) is 18.5 Å². The zero-order chi connectivity index (χ0) is 19.6. The van der Waals surface area contributed by atoms with E-state index in [1.807, 2.05) is 24.3 Å². The van der Waals surface area contributed by atoms with Crippen molar-refractivity contribution in [2.75, 3.05) is 19.3 Å². The Labute approximate surface area is 164 Å². The SMILES string of the molecule is CS(=O)(=O)c1cnc(-c2cccnc2)nc1C1CCN(Cc2ccco2)CC1. The molecule has 0 amide bonds. The summed E-state index contributed by atoms with van der Waals surface area (Å²) in [6, 6.07) is 7.55. The summed E-state index contributed by atoms with van der Waals surface area (Å²) in [6.07, 6.45) is 9.39. The molecule has 0 aromatic carbocycles. The van der Waals surface area contributed by atoms with Crippen LogP contribution in [0.1, 0.15) is 30.2 Å². The van der Waals surface area contributed by atoms with E-state index in [1.165, 1.54) is 12.5 Å². The van der Waals surface area contributed by atoms with Gasteiger partial charge in [0.2, 0.25) is 0 Å². The Kier molecular flexibility index (Phi) is 5.23. The number of piperidine rings is 1. The van der Waals surface area contributed by atoms with Crippen LogP contribution in [0.25, 0.3) is 11.4 Å². The molecule has 146 valence electrons. The van der Waals surface area contributed by atoms with Gasteiger partial charge in [0, 0.05) is 36.3 Å². The lowest BCUT2D eigenvalue weighted by Gasteiger charge is -2.31. The molecule has 0 bridgehead atoms. The third kappa shape index (κ3) is 4.13. The van der Waals surface area contributed by atoms with E-state index in [9.17, 15) is 8.42 Å². The lowest BCUT2D eigenvalue weighted by Crippen LogP contribution is -2.33. The fraction of sp³-hybridized carbons (Fsp3) is 0.350. The van der Waals surface area contributed by atoms with Crippen molar-refractivity contribution in [1.29, 1.82) is 0 Å². The zero-order valence-electron chi connectivity index (χ0n) is 15.7. The molecular weight excluding hydrogens is 376 g/mol. The van der Waals surface area contributed by atoms with Crippen LogP contribution in [0.5, 0.6) is 0 Å². The highest BCUT2D eigenvalue weighted by atomic mass is 32.2. The van der Waals surface area contributed by atoms with Crippen LogP contribution in [0, 0.1) is 0 Å². The molecule has 0 spiro atoms. The molecule has 1 saturated heterocycles. The summed E-state index contributed by atoms with van der Waals surface area (Å²) in [7, 11) is -3.41. The topological polar surface area (TPSA) is 89.2 Å². The van der Waals surface area contributed by atoms with Gasteiger partial charge in [-0.05, 0) is 50.2 Å². The van der Waals surface area contributed by atoms with Gasteiger partial charge in [-0.15, -0.1) is 0 Å². The zero-order valence-corrected chi connectivity index (χ0v) is 16.5. The lowest BCUT2D eigenvalue weighted by atomic mass is 9.93. The molecule has 1 fully saturated rings. The number of hydrogen-bond acceptors (Lipinski definition) is 7. The average molecular weight is 398 g/mol. The second-order valence-corrected chi connectivity index (χ2v) is 9.07. The van der Waals surface area contributed by atoms with Gasteiger partial charge in [-0.1, -0.05) is 0 Å². The highest BCUT2D eigenvalue weighted by Gasteiger charge is 2.28. The van der Waals surface area contributed by atoms with Crippen LogP contribution in [-0.4, -0.2) is 47.6 Å². The fourth-order valence-electron chi connectivity index (χ4n) is 3.58. The predicted octanol–water partition coefficient (Wildman–Crippen LogP) is 2.91. The molecule has 0 unspecified atom stereocenters. The Morgan fingerprint density at radius 2 is 2.00 bits per heavy atom. The van der Waals surface area contributed by atoms with Gasteiger partial charge < -0.3 is 4.42 Å². The van der Waals surface area contributed by atoms with Crippen LogP contribution < -0.4 is 0 Å². The maximum atomic E-state index is 12.3. The van der Waals surface area contributed by atoms with Crippen molar-refractivity contribution < 1.29 is 12.8 Å². The van der Waals surface area contributed by atoms with Crippen molar-refractivity contribution in [2.45, 2.75) is 30.2 Å². The molecule has 1 aliphatic heterocycles. The third-order valence-electron chi connectivity index (χ3n) is 5.04. The summed E-state index contributed by atoms with van der Waals surface area (Å²) >= 11 is 0. The van der Waals surface area contributed by atoms with E-state index in [0.717, 1.165) is 43.8 Å². The standard InChI is InChI=1S/C20H22N4O3S/c1-28(25,26)18-13-22-20(16-4-2-8-21-12-16)23-19(18)15-6-9-24(10-7-15)14-17-5-3-11-27-17/h2-5,8,11-13,15H,6-7,9-10,14H2,1H3. The molecule has 0 saturated carbocycles. The maximum absolute atomic E-state index is 12.3. The van der Waals surface area contributed by atoms with Crippen molar-refractivity contribution >= 4 is 9.84 Å². The van der Waals surface area contributed by atoms with Crippen molar-refractivity contribution in [3.05, 3.63) is 60.6 Å². The third-order valence-corrected chi connectivity index (χ3v) is 6.15. The van der Waals surface area contributed by atoms with Gasteiger partial charge in [0.25, 0.3) is 0 Å². The van der Waals surface area contributed by atoms with Gasteiger partial charge in [0.15, 0.2) is 15.7 Å². The Hall–Kier alpha value is -2.58. The van der Waals surface area contributed by atoms with E-state index in [2.05, 4.69) is 19.9 Å². The minimum atomic E-state index is -3.41. The van der Waals surface area contributed by atoms with Crippen LogP contribution in [0.15, 0.2) is 58.4 Å². The molecule has 0 atom stereocenters. The second-order valence-electron chi connectivity index (χ2n) is 7.09. The Morgan fingerprint density at radius 1 is 1.18 bits per heavy atom. The van der Waals surface area contributed by atoms with Gasteiger partial charge in [0.1, 0.15) is 10.7 Å². The second kappa shape index (κ2) is 7.81. The first-order valence-electron chi connectivity index (χ1n) is 9.23. The molecule has 0 N–H and O–H groups in total. The Bertz CT molecular complexity index is 1030. The minimum Gasteiger partial charge on any atom is -0.468 e. The van der Waals surface area contributed by atoms with Crippen LogP contribution in [0.2, 0.25) is 0 Å². The number of hydrogen-bond donors (Lipinski definition) is 0. The van der Waals surface area contributed by atoms with Gasteiger partial charge in [-0.25, -0.2) is 18.4 Å². The van der Waals surface area contributed by atoms with Crippen LogP contribution >= 0.6 is 0 Å². The number of aromatic nitrogens is 3. The van der Waals surface area contributed by atoms with Gasteiger partial charge in [-0.2, -0.15) is 0 Å². The van der Waals surface area contributed by atoms with Gasteiger partial charge in [-0.3, -0.25) is 9.88 Å². The predicted molar refractivity (Wildman–Crippen MR) is 104 cm³/mol. The summed E-state index contributed by atoms with van der Waals surface area (Å²) in [5.74, 6) is 1.53. The number of rotatable bonds is 5. The number of likely N-dealkylation sites (tertiary alicyclic amines) is 1. The summed E-state index contributed by atoms with van der Waals surface area (Å²) < 4.78 is 30.0. The average Bonchev–Trinajstić information content (AvgIpc) is 3.21. The number of sulfone groups is 1.